The second kappa shape index (κ2) is 7.02. The average Bonchev–Trinajstić information content (AvgIpc) is 3.29. The molecule has 5 rings (SSSR count). The predicted molar refractivity (Wildman–Crippen MR) is 108 cm³/mol. The molecule has 2 aromatic carbocycles. The van der Waals surface area contributed by atoms with Crippen LogP contribution in [0, 0.1) is 0 Å². The Morgan fingerprint density at radius 2 is 1.86 bits per heavy atom. The van der Waals surface area contributed by atoms with Crippen molar-refractivity contribution in [2.24, 2.45) is 0 Å². The van der Waals surface area contributed by atoms with Gasteiger partial charge in [-0.15, -0.1) is 11.3 Å². The van der Waals surface area contributed by atoms with Crippen LogP contribution < -0.4 is 9.47 Å². The second-order valence-electron chi connectivity index (χ2n) is 6.95. The molecule has 1 fully saturated rings. The molecule has 0 spiro atoms. The van der Waals surface area contributed by atoms with Gasteiger partial charge < -0.3 is 9.47 Å². The molecule has 0 amide bonds. The summed E-state index contributed by atoms with van der Waals surface area (Å²) in [5.41, 5.74) is 0.919. The van der Waals surface area contributed by atoms with Crippen molar-refractivity contribution in [3.8, 4) is 11.5 Å². The van der Waals surface area contributed by atoms with Crippen molar-refractivity contribution in [1.29, 1.82) is 0 Å². The van der Waals surface area contributed by atoms with Crippen LogP contribution in [0.15, 0.2) is 47.4 Å². The molecule has 8 heteroatoms. The van der Waals surface area contributed by atoms with E-state index in [2.05, 4.69) is 0 Å². The highest BCUT2D eigenvalue weighted by Crippen LogP contribution is 2.41. The Morgan fingerprint density at radius 1 is 1.04 bits per heavy atom. The van der Waals surface area contributed by atoms with E-state index in [1.54, 1.807) is 33.8 Å². The molecule has 0 unspecified atom stereocenters. The van der Waals surface area contributed by atoms with Crippen LogP contribution in [0.2, 0.25) is 0 Å². The number of benzene rings is 2. The third kappa shape index (κ3) is 3.05. The zero-order valence-corrected chi connectivity index (χ0v) is 16.8. The monoisotopic (exact) mass is 416 g/mol. The van der Waals surface area contributed by atoms with Crippen molar-refractivity contribution in [3.05, 3.63) is 47.5 Å². The van der Waals surface area contributed by atoms with Gasteiger partial charge in [-0.3, -0.25) is 0 Å². The smallest absolute Gasteiger partial charge is 0.243 e. The Bertz CT molecular complexity index is 1090. The van der Waals surface area contributed by atoms with Crippen LogP contribution in [0.5, 0.6) is 11.5 Å². The van der Waals surface area contributed by atoms with Crippen molar-refractivity contribution in [2.75, 3.05) is 19.8 Å². The number of para-hydroxylation sites is 1. The Kier molecular flexibility index (Phi) is 4.49. The summed E-state index contributed by atoms with van der Waals surface area (Å²) in [7, 11) is -3.65. The lowest BCUT2D eigenvalue weighted by molar-refractivity contribution is 0.296. The minimum absolute atomic E-state index is 0.224. The van der Waals surface area contributed by atoms with Crippen molar-refractivity contribution in [2.45, 2.75) is 30.2 Å². The van der Waals surface area contributed by atoms with E-state index in [1.165, 1.54) is 0 Å². The van der Waals surface area contributed by atoms with E-state index in [4.69, 9.17) is 14.5 Å². The Hall–Kier alpha value is -2.16. The fourth-order valence-corrected chi connectivity index (χ4v) is 6.61. The van der Waals surface area contributed by atoms with E-state index in [1.807, 2.05) is 24.3 Å². The van der Waals surface area contributed by atoms with Gasteiger partial charge in [-0.25, -0.2) is 13.4 Å². The number of thiazole rings is 1. The third-order valence-corrected chi connectivity index (χ3v) is 8.17. The van der Waals surface area contributed by atoms with Crippen LogP contribution in [0.4, 0.5) is 0 Å². The standard InChI is InChI=1S/C20H20N2O4S2/c23-28(24,14-8-9-17-18(13-14)26-12-4-11-25-17)22-10-3-6-16(22)20-21-15-5-1-2-7-19(15)27-20/h1-2,5,7-9,13,16H,3-4,6,10-12H2/t16-/m1/s1. The zero-order chi connectivity index (χ0) is 19.1. The number of hydrogen-bond acceptors (Lipinski definition) is 6. The van der Waals surface area contributed by atoms with Crippen molar-refractivity contribution < 1.29 is 17.9 Å². The molecule has 2 aliphatic heterocycles. The van der Waals surface area contributed by atoms with Crippen molar-refractivity contribution in [3.63, 3.8) is 0 Å². The van der Waals surface area contributed by atoms with Gasteiger partial charge >= 0.3 is 0 Å². The zero-order valence-electron chi connectivity index (χ0n) is 15.2. The molecular formula is C20H20N2O4S2. The summed E-state index contributed by atoms with van der Waals surface area (Å²) in [5.74, 6) is 1.09. The van der Waals surface area contributed by atoms with Gasteiger partial charge in [-0.1, -0.05) is 12.1 Å². The maximum atomic E-state index is 13.4. The lowest BCUT2D eigenvalue weighted by Crippen LogP contribution is -2.30. The topological polar surface area (TPSA) is 68.7 Å². The average molecular weight is 417 g/mol. The minimum Gasteiger partial charge on any atom is -0.490 e. The van der Waals surface area contributed by atoms with Gasteiger partial charge in [0, 0.05) is 19.0 Å². The molecule has 2 aliphatic rings. The third-order valence-electron chi connectivity index (χ3n) is 5.12. The van der Waals surface area contributed by atoms with Crippen molar-refractivity contribution in [1.82, 2.24) is 9.29 Å². The number of nitrogens with zero attached hydrogens (tertiary/aromatic N) is 2. The van der Waals surface area contributed by atoms with Gasteiger partial charge in [0.05, 0.1) is 34.4 Å². The molecule has 28 heavy (non-hydrogen) atoms. The number of rotatable bonds is 3. The van der Waals surface area contributed by atoms with Gasteiger partial charge in [0.2, 0.25) is 10.0 Å². The van der Waals surface area contributed by atoms with Gasteiger partial charge in [0.1, 0.15) is 5.01 Å². The maximum Gasteiger partial charge on any atom is 0.243 e. The summed E-state index contributed by atoms with van der Waals surface area (Å²) in [6.07, 6.45) is 2.39. The van der Waals surface area contributed by atoms with E-state index in [-0.39, 0.29) is 10.9 Å². The van der Waals surface area contributed by atoms with E-state index in [0.29, 0.717) is 31.3 Å². The molecule has 1 aromatic heterocycles. The van der Waals surface area contributed by atoms with Gasteiger partial charge in [-0.2, -0.15) is 4.31 Å². The molecule has 0 saturated carbocycles. The summed E-state index contributed by atoms with van der Waals surface area (Å²) < 4.78 is 40.8. The largest absolute Gasteiger partial charge is 0.490 e. The molecule has 0 bridgehead atoms. The number of sulfonamides is 1. The first-order chi connectivity index (χ1) is 13.6. The lowest BCUT2D eigenvalue weighted by Gasteiger charge is -2.23. The molecular weight excluding hydrogens is 396 g/mol. The summed E-state index contributed by atoms with van der Waals surface area (Å²) in [4.78, 5) is 4.94. The van der Waals surface area contributed by atoms with Crippen LogP contribution in [-0.2, 0) is 10.0 Å². The molecule has 1 atom stereocenters. The van der Waals surface area contributed by atoms with Crippen molar-refractivity contribution >= 4 is 31.6 Å². The molecule has 3 aromatic rings. The van der Waals surface area contributed by atoms with Crippen LogP contribution in [0.3, 0.4) is 0 Å². The fraction of sp³-hybridized carbons (Fsp3) is 0.350. The van der Waals surface area contributed by atoms with Crippen LogP contribution in [0.25, 0.3) is 10.2 Å². The highest BCUT2D eigenvalue weighted by molar-refractivity contribution is 7.89. The normalized spacial score (nSPS) is 20.4. The second-order valence-corrected chi connectivity index (χ2v) is 9.91. The molecule has 6 nitrogen and oxygen atoms in total. The fourth-order valence-electron chi connectivity index (χ4n) is 3.75. The number of aromatic nitrogens is 1. The summed E-state index contributed by atoms with van der Waals surface area (Å²) in [5, 5.41) is 0.858. The molecule has 3 heterocycles. The Balaban J connectivity index is 1.50. The maximum absolute atomic E-state index is 13.4. The summed E-state index contributed by atoms with van der Waals surface area (Å²) >= 11 is 1.57. The van der Waals surface area contributed by atoms with Crippen LogP contribution >= 0.6 is 11.3 Å². The predicted octanol–water partition coefficient (Wildman–Crippen LogP) is 3.98. The molecule has 0 aliphatic carbocycles. The van der Waals surface area contributed by atoms with Crippen LogP contribution in [0.1, 0.15) is 30.3 Å². The first kappa shape index (κ1) is 17.9. The Labute approximate surface area is 167 Å². The van der Waals surface area contributed by atoms with Gasteiger partial charge in [-0.05, 0) is 37.1 Å². The van der Waals surface area contributed by atoms with Gasteiger partial charge in [0.25, 0.3) is 0 Å². The van der Waals surface area contributed by atoms with E-state index in [9.17, 15) is 8.42 Å². The minimum atomic E-state index is -3.65. The summed E-state index contributed by atoms with van der Waals surface area (Å²) in [6, 6.07) is 12.6. The highest BCUT2D eigenvalue weighted by atomic mass is 32.2. The first-order valence-corrected chi connectivity index (χ1v) is 11.7. The molecule has 0 radical (unpaired) electrons. The van der Waals surface area contributed by atoms with E-state index in [0.717, 1.165) is 34.5 Å². The molecule has 146 valence electrons. The quantitative estimate of drug-likeness (QED) is 0.646. The lowest BCUT2D eigenvalue weighted by atomic mass is 10.2. The van der Waals surface area contributed by atoms with Crippen LogP contribution in [-0.4, -0.2) is 37.5 Å². The summed E-state index contributed by atoms with van der Waals surface area (Å²) in [6.45, 7) is 1.59. The SMILES string of the molecule is O=S(=O)(c1ccc2c(c1)OCCCO2)N1CCC[C@@H]1c1nc2ccccc2s1. The molecule has 1 saturated heterocycles. The first-order valence-electron chi connectivity index (χ1n) is 9.40. The highest BCUT2D eigenvalue weighted by Gasteiger charge is 2.38. The van der Waals surface area contributed by atoms with E-state index >= 15 is 0 Å². The number of hydrogen-bond donors (Lipinski definition) is 0. The van der Waals surface area contributed by atoms with Gasteiger partial charge in [0.15, 0.2) is 11.5 Å². The number of fused-ring (bicyclic) bond motifs is 2. The number of ether oxygens (including phenoxy) is 2. The Morgan fingerprint density at radius 3 is 2.71 bits per heavy atom. The van der Waals surface area contributed by atoms with E-state index < -0.39 is 10.0 Å². The molecule has 0 N–H and O–H groups in total.